The molecule has 1 atom stereocenters. The average molecular weight is 500 g/mol. The summed E-state index contributed by atoms with van der Waals surface area (Å²) in [7, 11) is 0. The van der Waals surface area contributed by atoms with E-state index in [0.717, 1.165) is 36.2 Å². The molecule has 0 radical (unpaired) electrons. The number of aromatic nitrogens is 1. The highest BCUT2D eigenvalue weighted by Crippen LogP contribution is 2.45. The van der Waals surface area contributed by atoms with Crippen LogP contribution in [0.2, 0.25) is 0 Å². The van der Waals surface area contributed by atoms with Gasteiger partial charge in [0.25, 0.3) is 12.3 Å². The Hall–Kier alpha value is -3.46. The first-order valence-corrected chi connectivity index (χ1v) is 11.9. The van der Waals surface area contributed by atoms with Crippen LogP contribution in [0.25, 0.3) is 0 Å². The van der Waals surface area contributed by atoms with E-state index in [9.17, 15) is 22.4 Å². The first-order chi connectivity index (χ1) is 17.4. The summed E-state index contributed by atoms with van der Waals surface area (Å²) in [6.07, 6.45) is 0.158. The summed E-state index contributed by atoms with van der Waals surface area (Å²) in [6.45, 7) is 0.327. The molecule has 1 fully saturated rings. The van der Waals surface area contributed by atoms with Crippen LogP contribution in [0, 0.1) is 17.6 Å². The second-order valence-electron chi connectivity index (χ2n) is 9.10. The Labute approximate surface area is 206 Å². The number of hydrogen-bond donors (Lipinski definition) is 1. The highest BCUT2D eigenvalue weighted by Gasteiger charge is 2.41. The molecule has 2 aliphatic rings. The van der Waals surface area contributed by atoms with Crippen molar-refractivity contribution in [2.75, 3.05) is 13.1 Å². The number of fused-ring (bicyclic) bond motifs is 1. The maximum atomic E-state index is 14.1. The molecule has 0 bridgehead atoms. The Morgan fingerprint density at radius 3 is 2.67 bits per heavy atom. The molecule has 2 aromatic carbocycles. The van der Waals surface area contributed by atoms with E-state index in [0.29, 0.717) is 24.2 Å². The molecule has 1 saturated carbocycles. The SMILES string of the molecule is O=C1c2cc(Oc3ccc(F)cc3F)ccc2CCN1[C@@H](c1cccc(CNCC(F)F)n1)C1CC1. The minimum Gasteiger partial charge on any atom is -0.454 e. The lowest BCUT2D eigenvalue weighted by Crippen LogP contribution is -2.41. The first-order valence-electron chi connectivity index (χ1n) is 11.9. The van der Waals surface area contributed by atoms with Gasteiger partial charge in [-0.15, -0.1) is 0 Å². The smallest absolute Gasteiger partial charge is 0.254 e. The lowest BCUT2D eigenvalue weighted by molar-refractivity contribution is 0.0627. The first kappa shape index (κ1) is 24.2. The van der Waals surface area contributed by atoms with Crippen LogP contribution in [0.4, 0.5) is 17.6 Å². The maximum absolute atomic E-state index is 14.1. The van der Waals surface area contributed by atoms with Crippen LogP contribution >= 0.6 is 0 Å². The highest BCUT2D eigenvalue weighted by atomic mass is 19.3. The third-order valence-electron chi connectivity index (χ3n) is 6.46. The van der Waals surface area contributed by atoms with Crippen molar-refractivity contribution in [3.8, 4) is 11.5 Å². The van der Waals surface area contributed by atoms with E-state index in [1.54, 1.807) is 24.3 Å². The number of hydrogen-bond acceptors (Lipinski definition) is 4. The number of amides is 1. The summed E-state index contributed by atoms with van der Waals surface area (Å²) < 4.78 is 57.9. The fourth-order valence-electron chi connectivity index (χ4n) is 4.62. The molecule has 3 aromatic rings. The van der Waals surface area contributed by atoms with Crippen molar-refractivity contribution >= 4 is 5.91 Å². The van der Waals surface area contributed by atoms with Crippen molar-refractivity contribution < 1.29 is 27.1 Å². The van der Waals surface area contributed by atoms with Gasteiger partial charge in [0.1, 0.15) is 11.6 Å². The summed E-state index contributed by atoms with van der Waals surface area (Å²) in [5, 5.41) is 2.69. The van der Waals surface area contributed by atoms with E-state index in [-0.39, 0.29) is 35.9 Å². The monoisotopic (exact) mass is 499 g/mol. The van der Waals surface area contributed by atoms with Gasteiger partial charge in [-0.1, -0.05) is 12.1 Å². The number of benzene rings is 2. The predicted octanol–water partition coefficient (Wildman–Crippen LogP) is 5.66. The van der Waals surface area contributed by atoms with E-state index in [2.05, 4.69) is 10.3 Å². The molecule has 0 unspecified atom stereocenters. The zero-order valence-electron chi connectivity index (χ0n) is 19.4. The van der Waals surface area contributed by atoms with Crippen LogP contribution in [0.1, 0.15) is 46.2 Å². The lowest BCUT2D eigenvalue weighted by Gasteiger charge is -2.36. The van der Waals surface area contributed by atoms with Gasteiger partial charge in [-0.25, -0.2) is 17.6 Å². The Balaban J connectivity index is 1.38. The molecule has 9 heteroatoms. The van der Waals surface area contributed by atoms with Crippen molar-refractivity contribution in [2.45, 2.75) is 38.3 Å². The van der Waals surface area contributed by atoms with Gasteiger partial charge >= 0.3 is 0 Å². The number of nitrogens with one attached hydrogen (secondary N) is 1. The van der Waals surface area contributed by atoms with Crippen molar-refractivity contribution in [1.29, 1.82) is 0 Å². The largest absolute Gasteiger partial charge is 0.454 e. The van der Waals surface area contributed by atoms with E-state index in [1.807, 2.05) is 17.0 Å². The van der Waals surface area contributed by atoms with Crippen molar-refractivity contribution in [3.63, 3.8) is 0 Å². The molecule has 1 aromatic heterocycles. The molecule has 1 N–H and O–H groups in total. The molecule has 5 rings (SSSR count). The zero-order chi connectivity index (χ0) is 25.2. The summed E-state index contributed by atoms with van der Waals surface area (Å²) in [6, 6.07) is 13.4. The minimum absolute atomic E-state index is 0.131. The molecular formula is C27H25F4N3O2. The van der Waals surface area contributed by atoms with Gasteiger partial charge < -0.3 is 15.0 Å². The lowest BCUT2D eigenvalue weighted by atomic mass is 9.95. The number of carbonyl (C=O) groups is 1. The Bertz CT molecular complexity index is 1270. The normalized spacial score (nSPS) is 16.2. The summed E-state index contributed by atoms with van der Waals surface area (Å²) >= 11 is 0. The molecule has 2 heterocycles. The van der Waals surface area contributed by atoms with Crippen LogP contribution < -0.4 is 10.1 Å². The standard InChI is InChI=1S/C27H25F4N3O2/c28-18-7-9-24(22(29)12-18)36-20-8-6-16-10-11-34(27(35)21(16)13-20)26(17-4-5-17)23-3-1-2-19(33-23)14-32-15-25(30)31/h1-3,6-9,12-13,17,25-26,32H,4-5,10-11,14-15H2/t26-/m1/s1. The highest BCUT2D eigenvalue weighted by molar-refractivity contribution is 5.97. The van der Waals surface area contributed by atoms with E-state index in [1.165, 1.54) is 6.07 Å². The topological polar surface area (TPSA) is 54.5 Å². The van der Waals surface area contributed by atoms with Crippen LogP contribution in [0.5, 0.6) is 11.5 Å². The molecular weight excluding hydrogens is 474 g/mol. The fourth-order valence-corrected chi connectivity index (χ4v) is 4.62. The average Bonchev–Trinajstić information content (AvgIpc) is 3.68. The molecule has 36 heavy (non-hydrogen) atoms. The Morgan fingerprint density at radius 1 is 1.08 bits per heavy atom. The van der Waals surface area contributed by atoms with Crippen LogP contribution in [0.3, 0.4) is 0 Å². The number of nitrogens with zero attached hydrogens (tertiary/aromatic N) is 2. The summed E-state index contributed by atoms with van der Waals surface area (Å²) in [5.41, 5.74) is 2.73. The third kappa shape index (κ3) is 5.36. The number of ether oxygens (including phenoxy) is 1. The number of rotatable bonds is 9. The van der Waals surface area contributed by atoms with Gasteiger partial charge in [0.15, 0.2) is 11.6 Å². The fraction of sp³-hybridized carbons (Fsp3) is 0.333. The second-order valence-corrected chi connectivity index (χ2v) is 9.10. The Morgan fingerprint density at radius 2 is 1.92 bits per heavy atom. The van der Waals surface area contributed by atoms with Gasteiger partial charge in [-0.05, 0) is 67.1 Å². The van der Waals surface area contributed by atoms with Gasteiger partial charge in [0.2, 0.25) is 0 Å². The Kier molecular flexibility index (Phi) is 6.91. The van der Waals surface area contributed by atoms with Crippen LogP contribution in [-0.2, 0) is 13.0 Å². The van der Waals surface area contributed by atoms with E-state index < -0.39 is 24.6 Å². The van der Waals surface area contributed by atoms with Crippen molar-refractivity contribution in [3.05, 3.63) is 88.7 Å². The number of alkyl halides is 2. The van der Waals surface area contributed by atoms with Gasteiger partial charge in [-0.3, -0.25) is 9.78 Å². The molecule has 0 spiro atoms. The van der Waals surface area contributed by atoms with Crippen LogP contribution in [-0.4, -0.2) is 35.3 Å². The maximum Gasteiger partial charge on any atom is 0.254 e. The van der Waals surface area contributed by atoms with Crippen molar-refractivity contribution in [2.24, 2.45) is 5.92 Å². The second kappa shape index (κ2) is 10.3. The number of carbonyl (C=O) groups excluding carboxylic acids is 1. The molecule has 0 saturated heterocycles. The predicted molar refractivity (Wildman–Crippen MR) is 125 cm³/mol. The molecule has 1 aliphatic heterocycles. The van der Waals surface area contributed by atoms with Gasteiger partial charge in [0.05, 0.1) is 24.0 Å². The van der Waals surface area contributed by atoms with E-state index in [4.69, 9.17) is 4.74 Å². The van der Waals surface area contributed by atoms with E-state index >= 15 is 0 Å². The molecule has 1 amide bonds. The van der Waals surface area contributed by atoms with Gasteiger partial charge in [0, 0.05) is 24.7 Å². The number of pyridine rings is 1. The quantitative estimate of drug-likeness (QED) is 0.386. The summed E-state index contributed by atoms with van der Waals surface area (Å²) in [4.78, 5) is 20.1. The minimum atomic E-state index is -2.44. The number of halogens is 4. The third-order valence-corrected chi connectivity index (χ3v) is 6.46. The molecule has 5 nitrogen and oxygen atoms in total. The molecule has 188 valence electrons. The van der Waals surface area contributed by atoms with Crippen molar-refractivity contribution in [1.82, 2.24) is 15.2 Å². The van der Waals surface area contributed by atoms with Crippen LogP contribution in [0.15, 0.2) is 54.6 Å². The summed E-state index contributed by atoms with van der Waals surface area (Å²) in [5.74, 6) is -1.27. The molecule has 1 aliphatic carbocycles. The zero-order valence-corrected chi connectivity index (χ0v) is 19.4. The van der Waals surface area contributed by atoms with Gasteiger partial charge in [-0.2, -0.15) is 0 Å².